The van der Waals surface area contributed by atoms with Gasteiger partial charge in [0.2, 0.25) is 11.7 Å². The molecule has 0 bridgehead atoms. The third-order valence-electron chi connectivity index (χ3n) is 9.66. The van der Waals surface area contributed by atoms with Crippen molar-refractivity contribution in [3.8, 4) is 17.0 Å². The number of carbonyl (C=O) groups excluding carboxylic acids is 2. The molecule has 3 aromatic rings. The molecule has 19 heteroatoms. The number of aromatic nitrogens is 3. The number of hydrogen-bond acceptors (Lipinski definition) is 9. The van der Waals surface area contributed by atoms with E-state index in [0.717, 1.165) is 23.7 Å². The summed E-state index contributed by atoms with van der Waals surface area (Å²) in [5.41, 5.74) is -4.83. The number of nitrogens with zero attached hydrogens (tertiary/aromatic N) is 6. The topological polar surface area (TPSA) is 113 Å². The first kappa shape index (κ1) is 40.4. The molecule has 292 valence electrons. The SMILES string of the molecule is COCCN(C)CCOc1cnc(CN2C(=O)[C@H](C(=O)Nc3ccc(C(F)(F)F)cc3-c3cc(C(F)(F)F)ncn3)C=C(C)C3(CCC3)N2C)c(F)c1F. The first-order valence-electron chi connectivity index (χ1n) is 16.7. The van der Waals surface area contributed by atoms with E-state index in [1.807, 2.05) is 4.90 Å². The zero-order valence-corrected chi connectivity index (χ0v) is 29.6. The average Bonchev–Trinajstić information content (AvgIpc) is 3.17. The Kier molecular flexibility index (Phi) is 11.9. The summed E-state index contributed by atoms with van der Waals surface area (Å²) in [6.07, 6.45) is -5.16. The van der Waals surface area contributed by atoms with Gasteiger partial charge in [0.25, 0.3) is 5.91 Å². The van der Waals surface area contributed by atoms with Crippen LogP contribution in [0.5, 0.6) is 5.75 Å². The molecule has 0 unspecified atom stereocenters. The van der Waals surface area contributed by atoms with Crippen molar-refractivity contribution in [2.24, 2.45) is 5.92 Å². The van der Waals surface area contributed by atoms with E-state index in [2.05, 4.69) is 20.3 Å². The van der Waals surface area contributed by atoms with E-state index in [1.165, 1.54) is 6.08 Å². The van der Waals surface area contributed by atoms with Crippen molar-refractivity contribution in [3.05, 3.63) is 77.0 Å². The minimum Gasteiger partial charge on any atom is -0.487 e. The van der Waals surface area contributed by atoms with E-state index in [-0.39, 0.29) is 12.3 Å². The molecule has 2 aliphatic rings. The number of benzene rings is 1. The molecule has 0 radical (unpaired) electrons. The number of ether oxygens (including phenoxy) is 2. The summed E-state index contributed by atoms with van der Waals surface area (Å²) in [4.78, 5) is 40.9. The predicted octanol–water partition coefficient (Wildman–Crippen LogP) is 6.12. The van der Waals surface area contributed by atoms with Crippen molar-refractivity contribution in [1.82, 2.24) is 29.9 Å². The van der Waals surface area contributed by atoms with Crippen LogP contribution in [-0.4, -0.2) is 94.7 Å². The Morgan fingerprint density at radius 1 is 1.02 bits per heavy atom. The quantitative estimate of drug-likeness (QED) is 0.132. The summed E-state index contributed by atoms with van der Waals surface area (Å²) in [6.45, 7) is 2.50. The number of methoxy groups -OCH3 is 1. The van der Waals surface area contributed by atoms with Crippen molar-refractivity contribution in [2.45, 2.75) is 50.6 Å². The molecule has 1 aliphatic heterocycles. The van der Waals surface area contributed by atoms with Crippen LogP contribution in [-0.2, 0) is 33.2 Å². The zero-order chi connectivity index (χ0) is 39.6. The molecule has 1 aromatic carbocycles. The standard InChI is InChI=1S/C35H37F8N7O4/c1-20-14-23(31(51)47-24-7-6-21(34(38,39)40)15-22(24)25-16-28(35(41,42)43)46-19-45-25)32(52)50(49(3)33(20)8-5-9-33)18-26-29(36)30(37)27(17-44-26)54-13-11-48(2)10-12-53-4/h6-7,14-17,19,23H,5,8-13,18H2,1-4H3,(H,47,51)/t23-/m0/s1. The van der Waals surface area contributed by atoms with Gasteiger partial charge in [-0.1, -0.05) is 11.6 Å². The highest BCUT2D eigenvalue weighted by molar-refractivity contribution is 6.09. The van der Waals surface area contributed by atoms with Gasteiger partial charge in [-0.25, -0.2) is 19.4 Å². The van der Waals surface area contributed by atoms with Crippen LogP contribution in [0.15, 0.2) is 48.4 Å². The van der Waals surface area contributed by atoms with E-state index >= 15 is 8.78 Å². The van der Waals surface area contributed by atoms with Gasteiger partial charge in [0.1, 0.15) is 30.2 Å². The van der Waals surface area contributed by atoms with Crippen LogP contribution in [0, 0.1) is 17.6 Å². The number of anilines is 1. The second kappa shape index (κ2) is 15.9. The minimum atomic E-state index is -4.96. The van der Waals surface area contributed by atoms with Crippen LogP contribution in [0.2, 0.25) is 0 Å². The summed E-state index contributed by atoms with van der Waals surface area (Å²) >= 11 is 0. The zero-order valence-electron chi connectivity index (χ0n) is 29.6. The smallest absolute Gasteiger partial charge is 0.433 e. The van der Waals surface area contributed by atoms with Crippen molar-refractivity contribution in [3.63, 3.8) is 0 Å². The lowest BCUT2D eigenvalue weighted by Gasteiger charge is -2.52. The van der Waals surface area contributed by atoms with E-state index in [9.17, 15) is 35.9 Å². The first-order chi connectivity index (χ1) is 25.4. The van der Waals surface area contributed by atoms with E-state index in [4.69, 9.17) is 9.47 Å². The Labute approximate surface area is 304 Å². The van der Waals surface area contributed by atoms with Crippen LogP contribution in [0.1, 0.15) is 43.1 Å². The molecular formula is C35H37F8N7O4. The molecule has 2 aromatic heterocycles. The lowest BCUT2D eigenvalue weighted by atomic mass is 9.71. The Bertz CT molecular complexity index is 1900. The lowest BCUT2D eigenvalue weighted by molar-refractivity contribution is -0.166. The summed E-state index contributed by atoms with van der Waals surface area (Å²) in [7, 11) is 4.90. The number of rotatable bonds is 12. The number of likely N-dealkylation sites (N-methyl/N-ethyl adjacent to an activating group) is 2. The molecule has 54 heavy (non-hydrogen) atoms. The van der Waals surface area contributed by atoms with Crippen LogP contribution in [0.25, 0.3) is 11.3 Å². The summed E-state index contributed by atoms with van der Waals surface area (Å²) in [5.74, 6) is -6.79. The molecule has 1 atom stereocenters. The van der Waals surface area contributed by atoms with Gasteiger partial charge in [-0.3, -0.25) is 19.6 Å². The van der Waals surface area contributed by atoms with Gasteiger partial charge < -0.3 is 19.7 Å². The number of hydrogen-bond donors (Lipinski definition) is 1. The highest BCUT2D eigenvalue weighted by atomic mass is 19.4. The second-order valence-electron chi connectivity index (χ2n) is 13.0. The van der Waals surface area contributed by atoms with Crippen molar-refractivity contribution >= 4 is 17.5 Å². The number of pyridine rings is 1. The number of alkyl halides is 6. The van der Waals surface area contributed by atoms with Crippen molar-refractivity contribution < 1.29 is 54.2 Å². The maximum atomic E-state index is 15.5. The number of carbonyl (C=O) groups is 2. The van der Waals surface area contributed by atoms with Crippen molar-refractivity contribution in [1.29, 1.82) is 0 Å². The van der Waals surface area contributed by atoms with E-state index in [1.54, 1.807) is 33.1 Å². The molecule has 1 saturated carbocycles. The molecule has 1 N–H and O–H groups in total. The van der Waals surface area contributed by atoms with Gasteiger partial charge in [0.15, 0.2) is 11.6 Å². The molecule has 1 fully saturated rings. The summed E-state index contributed by atoms with van der Waals surface area (Å²) < 4.78 is 123. The fourth-order valence-corrected chi connectivity index (χ4v) is 6.29. The normalized spacial score (nSPS) is 17.7. The fraction of sp³-hybridized carbons (Fsp3) is 0.457. The largest absolute Gasteiger partial charge is 0.487 e. The molecule has 0 saturated heterocycles. The van der Waals surface area contributed by atoms with Gasteiger partial charge in [-0.15, -0.1) is 0 Å². The van der Waals surface area contributed by atoms with Gasteiger partial charge >= 0.3 is 12.4 Å². The third kappa shape index (κ3) is 8.47. The summed E-state index contributed by atoms with van der Waals surface area (Å²) in [6, 6.07) is 2.40. The number of nitrogens with one attached hydrogen (secondary N) is 1. The molecular weight excluding hydrogens is 734 g/mol. The van der Waals surface area contributed by atoms with Crippen LogP contribution < -0.4 is 10.1 Å². The Hall–Kier alpha value is -4.75. The van der Waals surface area contributed by atoms with Crippen LogP contribution >= 0.6 is 0 Å². The number of hydrazine groups is 1. The Balaban J connectivity index is 1.45. The monoisotopic (exact) mass is 771 g/mol. The highest BCUT2D eigenvalue weighted by Crippen LogP contribution is 2.46. The summed E-state index contributed by atoms with van der Waals surface area (Å²) in [5, 5.41) is 4.99. The van der Waals surface area contributed by atoms with Gasteiger partial charge in [-0.2, -0.15) is 30.7 Å². The number of halogens is 8. The Morgan fingerprint density at radius 3 is 2.35 bits per heavy atom. The molecule has 1 spiro atoms. The molecule has 1 aliphatic carbocycles. The molecule has 5 rings (SSSR count). The minimum absolute atomic E-state index is 0.0105. The Morgan fingerprint density at radius 2 is 1.72 bits per heavy atom. The highest BCUT2D eigenvalue weighted by Gasteiger charge is 2.50. The van der Waals surface area contributed by atoms with Crippen LogP contribution in [0.4, 0.5) is 40.8 Å². The third-order valence-corrected chi connectivity index (χ3v) is 9.66. The van der Waals surface area contributed by atoms with Gasteiger partial charge in [0, 0.05) is 32.8 Å². The average molecular weight is 772 g/mol. The predicted molar refractivity (Wildman–Crippen MR) is 177 cm³/mol. The van der Waals surface area contributed by atoms with Gasteiger partial charge in [-0.05, 0) is 57.5 Å². The fourth-order valence-electron chi connectivity index (χ4n) is 6.29. The van der Waals surface area contributed by atoms with E-state index in [0.29, 0.717) is 62.6 Å². The molecule has 3 heterocycles. The van der Waals surface area contributed by atoms with Crippen LogP contribution in [0.3, 0.4) is 0 Å². The molecule has 11 nitrogen and oxygen atoms in total. The lowest BCUT2D eigenvalue weighted by Crippen LogP contribution is -2.60. The van der Waals surface area contributed by atoms with E-state index < -0.39 is 87.8 Å². The first-order valence-corrected chi connectivity index (χ1v) is 16.7. The second-order valence-corrected chi connectivity index (χ2v) is 13.0. The van der Waals surface area contributed by atoms with Crippen molar-refractivity contribution in [2.75, 3.05) is 52.8 Å². The maximum absolute atomic E-state index is 15.5. The van der Waals surface area contributed by atoms with Gasteiger partial charge in [0.05, 0.1) is 41.8 Å². The number of amides is 2. The maximum Gasteiger partial charge on any atom is 0.433 e. The molecule has 2 amide bonds.